The number of Topliss-reactive ketones (excluding diaryl/α,β-unsaturated/α-hetero) is 1. The minimum Gasteiger partial charge on any atom is -0.432 e. The molecule has 0 aromatic heterocycles. The number of hydrogen-bond acceptors (Lipinski definition) is 11. The number of carbonyl (C=O) groups is 2. The summed E-state index contributed by atoms with van der Waals surface area (Å²) in [5.41, 5.74) is -2.05. The van der Waals surface area contributed by atoms with E-state index in [2.05, 4.69) is 20.8 Å². The third-order valence-corrected chi connectivity index (χ3v) is 14.6. The van der Waals surface area contributed by atoms with Gasteiger partial charge in [0, 0.05) is 11.3 Å². The lowest BCUT2D eigenvalue weighted by molar-refractivity contribution is -0.295. The van der Waals surface area contributed by atoms with Gasteiger partial charge in [-0.2, -0.15) is 0 Å². The summed E-state index contributed by atoms with van der Waals surface area (Å²) < 4.78 is 11.3. The molecule has 3 saturated carbocycles. The van der Waals surface area contributed by atoms with Crippen molar-refractivity contribution in [3.63, 3.8) is 0 Å². The molecule has 1 heterocycles. The van der Waals surface area contributed by atoms with Gasteiger partial charge < -0.3 is 45.2 Å². The van der Waals surface area contributed by atoms with Gasteiger partial charge >= 0.3 is 5.97 Å². The Bertz CT molecular complexity index is 1240. The van der Waals surface area contributed by atoms with Crippen molar-refractivity contribution in [3.05, 3.63) is 11.6 Å². The number of ether oxygens (including phenoxy) is 2. The summed E-state index contributed by atoms with van der Waals surface area (Å²) >= 11 is 0. The highest BCUT2D eigenvalue weighted by Gasteiger charge is 2.69. The number of ketones is 1. The van der Waals surface area contributed by atoms with Crippen LogP contribution in [0.15, 0.2) is 11.6 Å². The molecule has 5 aliphatic rings. The number of hydrogen-bond donors (Lipinski definition) is 7. The fourth-order valence-electron chi connectivity index (χ4n) is 10.9. The van der Waals surface area contributed by atoms with Crippen LogP contribution in [0, 0.1) is 44.8 Å². The van der Waals surface area contributed by atoms with E-state index in [4.69, 9.17) is 9.47 Å². The van der Waals surface area contributed by atoms with Crippen molar-refractivity contribution in [2.45, 2.75) is 142 Å². The van der Waals surface area contributed by atoms with Crippen molar-refractivity contribution < 1.29 is 54.8 Å². The van der Waals surface area contributed by atoms with Crippen LogP contribution >= 0.6 is 0 Å². The van der Waals surface area contributed by atoms with E-state index >= 15 is 0 Å². The molecule has 0 radical (unpaired) electrons. The Hall–Kier alpha value is -1.44. The van der Waals surface area contributed by atoms with Gasteiger partial charge in [0.15, 0.2) is 0 Å². The van der Waals surface area contributed by atoms with Crippen LogP contribution in [0.2, 0.25) is 0 Å². The summed E-state index contributed by atoms with van der Waals surface area (Å²) in [5.74, 6) is -0.860. The molecule has 4 fully saturated rings. The lowest BCUT2D eigenvalue weighted by Gasteiger charge is -2.70. The number of fused-ring (bicyclic) bond motifs is 5. The molecule has 5 rings (SSSR count). The minimum atomic E-state index is -1.75. The van der Waals surface area contributed by atoms with Crippen molar-refractivity contribution >= 4 is 11.8 Å². The number of aliphatic hydroxyl groups is 7. The first kappa shape index (κ1) is 36.8. The average Bonchev–Trinajstić information content (AvgIpc) is 3.03. The highest BCUT2D eigenvalue weighted by molar-refractivity contribution is 5.81. The third kappa shape index (κ3) is 5.55. The second kappa shape index (κ2) is 12.7. The monoisotopic (exact) mass is 666 g/mol. The zero-order valence-corrected chi connectivity index (χ0v) is 28.9. The van der Waals surface area contributed by atoms with Gasteiger partial charge in [-0.1, -0.05) is 40.7 Å². The van der Waals surface area contributed by atoms with Gasteiger partial charge in [-0.25, -0.2) is 0 Å². The molecule has 0 aromatic carbocycles. The molecule has 47 heavy (non-hydrogen) atoms. The summed E-state index contributed by atoms with van der Waals surface area (Å²) in [6.07, 6.45) is -2.42. The van der Waals surface area contributed by atoms with E-state index in [0.29, 0.717) is 32.1 Å². The van der Waals surface area contributed by atoms with Gasteiger partial charge in [-0.3, -0.25) is 9.59 Å². The van der Waals surface area contributed by atoms with Crippen LogP contribution in [-0.2, 0) is 19.1 Å². The molecule has 15 unspecified atom stereocenters. The molecule has 268 valence electrons. The molecule has 0 bridgehead atoms. The van der Waals surface area contributed by atoms with E-state index in [1.165, 1.54) is 6.92 Å². The topological polar surface area (TPSA) is 194 Å². The van der Waals surface area contributed by atoms with E-state index in [1.54, 1.807) is 6.92 Å². The first-order valence-corrected chi connectivity index (χ1v) is 17.6. The van der Waals surface area contributed by atoms with Crippen LogP contribution in [-0.4, -0.2) is 104 Å². The molecule has 11 nitrogen and oxygen atoms in total. The molecule has 4 aliphatic carbocycles. The molecule has 11 heteroatoms. The predicted octanol–water partition coefficient (Wildman–Crippen LogP) is 2.00. The lowest BCUT2D eigenvalue weighted by atomic mass is 9.34. The molecule has 1 saturated heterocycles. The molecule has 15 atom stereocenters. The summed E-state index contributed by atoms with van der Waals surface area (Å²) in [5, 5.41) is 74.4. The summed E-state index contributed by atoms with van der Waals surface area (Å²) in [4.78, 5) is 26.5. The molecule has 7 N–H and O–H groups in total. The fraction of sp³-hybridized carbons (Fsp3) is 0.889. The summed E-state index contributed by atoms with van der Waals surface area (Å²) in [6, 6.07) is 0. The Morgan fingerprint density at radius 3 is 2.23 bits per heavy atom. The van der Waals surface area contributed by atoms with Gasteiger partial charge in [0.25, 0.3) is 0 Å². The molecule has 1 aliphatic heterocycles. The van der Waals surface area contributed by atoms with Crippen LogP contribution in [0.5, 0.6) is 0 Å². The molecule has 0 aromatic rings. The Balaban J connectivity index is 1.51. The average molecular weight is 667 g/mol. The standard InChI is InChI=1S/C36H58O11/c1-19(20(2)39)7-12-36(31(45)47-30-29(44)28(43)27(42)23(17-37)46-30)14-13-34(5)21(16-36)22(40)15-25-32(3)10-9-26(41)33(4,18-38)24(32)8-11-35(25,34)6/h16,19,22-30,37-38,40-44H,7-15,17-18H2,1-6H3. The zero-order chi connectivity index (χ0) is 34.9. The highest BCUT2D eigenvalue weighted by Crippen LogP contribution is 2.74. The van der Waals surface area contributed by atoms with E-state index in [9.17, 15) is 45.3 Å². The van der Waals surface area contributed by atoms with Crippen LogP contribution in [0.1, 0.15) is 99.3 Å². The summed E-state index contributed by atoms with van der Waals surface area (Å²) in [6.45, 7) is 11.3. The van der Waals surface area contributed by atoms with Gasteiger partial charge in [-0.15, -0.1) is 0 Å². The summed E-state index contributed by atoms with van der Waals surface area (Å²) in [7, 11) is 0. The minimum absolute atomic E-state index is 0.0127. The predicted molar refractivity (Wildman–Crippen MR) is 170 cm³/mol. The van der Waals surface area contributed by atoms with Crippen molar-refractivity contribution in [3.8, 4) is 0 Å². The van der Waals surface area contributed by atoms with E-state index in [-0.39, 0.29) is 47.4 Å². The Morgan fingerprint density at radius 1 is 0.936 bits per heavy atom. The van der Waals surface area contributed by atoms with E-state index in [1.807, 2.05) is 13.0 Å². The van der Waals surface area contributed by atoms with Crippen LogP contribution in [0.3, 0.4) is 0 Å². The number of esters is 1. The van der Waals surface area contributed by atoms with Crippen LogP contribution in [0.25, 0.3) is 0 Å². The van der Waals surface area contributed by atoms with Gasteiger partial charge in [0.2, 0.25) is 6.29 Å². The smallest absolute Gasteiger partial charge is 0.318 e. The van der Waals surface area contributed by atoms with Crippen molar-refractivity contribution in [1.29, 1.82) is 0 Å². The fourth-order valence-corrected chi connectivity index (χ4v) is 10.9. The third-order valence-electron chi connectivity index (χ3n) is 14.6. The second-order valence-corrected chi connectivity index (χ2v) is 16.8. The largest absolute Gasteiger partial charge is 0.432 e. The van der Waals surface area contributed by atoms with Gasteiger partial charge in [0.05, 0.1) is 30.8 Å². The SMILES string of the molecule is CC(=O)C(C)CCC1(C(=O)OC2OC(CO)C(O)C(O)C2O)C=C2C(O)CC3C4(C)CCC(O)C(C)(CO)C4CCC3(C)C2(C)CC1. The van der Waals surface area contributed by atoms with E-state index in [0.717, 1.165) is 24.8 Å². The Kier molecular flexibility index (Phi) is 9.96. The number of carbonyl (C=O) groups excluding carboxylic acids is 2. The normalized spacial score (nSPS) is 50.3. The van der Waals surface area contributed by atoms with Crippen molar-refractivity contribution in [2.24, 2.45) is 44.8 Å². The molecular weight excluding hydrogens is 608 g/mol. The van der Waals surface area contributed by atoms with Crippen molar-refractivity contribution in [1.82, 2.24) is 0 Å². The molecular formula is C36H58O11. The first-order chi connectivity index (χ1) is 21.8. The second-order valence-electron chi connectivity index (χ2n) is 16.8. The lowest BCUT2D eigenvalue weighted by Crippen LogP contribution is -2.66. The van der Waals surface area contributed by atoms with Gasteiger partial charge in [0.1, 0.15) is 30.2 Å². The van der Waals surface area contributed by atoms with Gasteiger partial charge in [-0.05, 0) is 98.4 Å². The van der Waals surface area contributed by atoms with Crippen molar-refractivity contribution in [2.75, 3.05) is 13.2 Å². The maximum atomic E-state index is 14.2. The quantitative estimate of drug-likeness (QED) is 0.148. The maximum Gasteiger partial charge on any atom is 0.318 e. The Labute approximate surface area is 278 Å². The Morgan fingerprint density at radius 2 is 1.62 bits per heavy atom. The zero-order valence-electron chi connectivity index (χ0n) is 28.9. The molecule has 0 spiro atoms. The van der Waals surface area contributed by atoms with Crippen LogP contribution < -0.4 is 0 Å². The number of aliphatic hydroxyl groups excluding tert-OH is 7. The highest BCUT2D eigenvalue weighted by atomic mass is 16.7. The maximum absolute atomic E-state index is 14.2. The first-order valence-electron chi connectivity index (χ1n) is 17.6. The van der Waals surface area contributed by atoms with E-state index < -0.39 is 71.7 Å². The van der Waals surface area contributed by atoms with Crippen LogP contribution in [0.4, 0.5) is 0 Å². The number of rotatable bonds is 8. The molecule has 0 amide bonds.